The van der Waals surface area contributed by atoms with Crippen LogP contribution in [0.3, 0.4) is 0 Å². The van der Waals surface area contributed by atoms with Gasteiger partial charge in [0.15, 0.2) is 0 Å². The first-order valence-electron chi connectivity index (χ1n) is 9.69. The topological polar surface area (TPSA) is 63.2 Å². The first-order valence-corrected chi connectivity index (χ1v) is 9.69. The first-order chi connectivity index (χ1) is 13.8. The van der Waals surface area contributed by atoms with E-state index in [0.717, 1.165) is 53.8 Å². The van der Waals surface area contributed by atoms with Crippen LogP contribution in [-0.2, 0) is 11.3 Å². The van der Waals surface area contributed by atoms with E-state index in [-0.39, 0.29) is 5.56 Å². The van der Waals surface area contributed by atoms with E-state index in [1.54, 1.807) is 6.20 Å². The summed E-state index contributed by atoms with van der Waals surface area (Å²) in [7, 11) is 0. The highest BCUT2D eigenvalue weighted by molar-refractivity contribution is 6.04. The molecule has 6 heteroatoms. The smallest absolute Gasteiger partial charge is 0.262 e. The van der Waals surface area contributed by atoms with Crippen molar-refractivity contribution in [2.24, 2.45) is 0 Å². The SMILES string of the molecule is CCn1c(=O)c2cn[nH]c2c2ccc(-c3ccc(N4CCOCC4)cc3)cc21. The van der Waals surface area contributed by atoms with Gasteiger partial charge in [-0.2, -0.15) is 5.10 Å². The highest BCUT2D eigenvalue weighted by Gasteiger charge is 2.14. The molecule has 0 unspecified atom stereocenters. The maximum atomic E-state index is 12.8. The van der Waals surface area contributed by atoms with Gasteiger partial charge in [-0.1, -0.05) is 24.3 Å². The summed E-state index contributed by atoms with van der Waals surface area (Å²) in [5.41, 5.74) is 5.19. The zero-order valence-corrected chi connectivity index (χ0v) is 15.8. The molecule has 4 aromatic rings. The summed E-state index contributed by atoms with van der Waals surface area (Å²) in [4.78, 5) is 15.1. The Balaban J connectivity index is 1.59. The fourth-order valence-corrected chi connectivity index (χ4v) is 4.05. The maximum absolute atomic E-state index is 12.8. The van der Waals surface area contributed by atoms with Gasteiger partial charge in [0.2, 0.25) is 0 Å². The number of nitrogens with one attached hydrogen (secondary N) is 1. The summed E-state index contributed by atoms with van der Waals surface area (Å²) < 4.78 is 7.25. The van der Waals surface area contributed by atoms with Gasteiger partial charge in [-0.15, -0.1) is 0 Å². The second-order valence-corrected chi connectivity index (χ2v) is 7.09. The fourth-order valence-electron chi connectivity index (χ4n) is 4.05. The molecule has 1 fully saturated rings. The van der Waals surface area contributed by atoms with Crippen LogP contribution < -0.4 is 10.5 Å². The largest absolute Gasteiger partial charge is 0.378 e. The van der Waals surface area contributed by atoms with Crippen LogP contribution in [-0.4, -0.2) is 41.1 Å². The minimum absolute atomic E-state index is 0.00133. The van der Waals surface area contributed by atoms with Gasteiger partial charge in [0, 0.05) is 30.7 Å². The van der Waals surface area contributed by atoms with E-state index in [2.05, 4.69) is 57.6 Å². The lowest BCUT2D eigenvalue weighted by Crippen LogP contribution is -2.36. The number of pyridine rings is 1. The number of fused-ring (bicyclic) bond motifs is 3. The normalized spacial score (nSPS) is 14.8. The quantitative estimate of drug-likeness (QED) is 0.597. The number of aromatic nitrogens is 3. The van der Waals surface area contributed by atoms with Crippen LogP contribution in [0.1, 0.15) is 6.92 Å². The van der Waals surface area contributed by atoms with Gasteiger partial charge >= 0.3 is 0 Å². The van der Waals surface area contributed by atoms with Gasteiger partial charge < -0.3 is 14.2 Å². The van der Waals surface area contributed by atoms with E-state index in [4.69, 9.17) is 4.74 Å². The average Bonchev–Trinajstić information content (AvgIpc) is 3.25. The minimum atomic E-state index is -0.00133. The third kappa shape index (κ3) is 2.68. The molecular weight excluding hydrogens is 352 g/mol. The Morgan fingerprint density at radius 2 is 1.79 bits per heavy atom. The van der Waals surface area contributed by atoms with Crippen LogP contribution >= 0.6 is 0 Å². The van der Waals surface area contributed by atoms with E-state index in [1.165, 1.54) is 5.69 Å². The number of H-pyrrole nitrogens is 1. The number of anilines is 1. The lowest BCUT2D eigenvalue weighted by molar-refractivity contribution is 0.122. The Bertz CT molecular complexity index is 1200. The Kier molecular flexibility index (Phi) is 4.13. The molecule has 0 aliphatic carbocycles. The summed E-state index contributed by atoms with van der Waals surface area (Å²) in [6, 6.07) is 14.9. The van der Waals surface area contributed by atoms with Crippen molar-refractivity contribution < 1.29 is 4.74 Å². The minimum Gasteiger partial charge on any atom is -0.378 e. The molecule has 142 valence electrons. The molecule has 1 N–H and O–H groups in total. The predicted octanol–water partition coefficient (Wildman–Crippen LogP) is 3.40. The fraction of sp³-hybridized carbons (Fsp3) is 0.273. The van der Waals surface area contributed by atoms with E-state index in [0.29, 0.717) is 11.9 Å². The average molecular weight is 374 g/mol. The molecule has 28 heavy (non-hydrogen) atoms. The highest BCUT2D eigenvalue weighted by Crippen LogP contribution is 2.29. The standard InChI is InChI=1S/C22H22N4O2/c1-2-26-20-13-16(5-8-18(20)21-19(22(26)27)14-23-24-21)15-3-6-17(7-4-15)25-9-11-28-12-10-25/h3-8,13-14H,2,9-12H2,1H3,(H,23,24). The third-order valence-corrected chi connectivity index (χ3v) is 5.57. The number of hydrogen-bond acceptors (Lipinski definition) is 4. The second-order valence-electron chi connectivity index (χ2n) is 7.09. The van der Waals surface area contributed by atoms with Gasteiger partial charge in [-0.3, -0.25) is 9.89 Å². The lowest BCUT2D eigenvalue weighted by atomic mass is 10.0. The zero-order valence-electron chi connectivity index (χ0n) is 15.8. The van der Waals surface area contributed by atoms with Crippen LogP contribution in [0.15, 0.2) is 53.5 Å². The molecule has 1 aliphatic heterocycles. The van der Waals surface area contributed by atoms with Crippen molar-refractivity contribution in [1.29, 1.82) is 0 Å². The van der Waals surface area contributed by atoms with Crippen LogP contribution in [0.5, 0.6) is 0 Å². The molecule has 0 spiro atoms. The molecule has 3 heterocycles. The maximum Gasteiger partial charge on any atom is 0.262 e. The number of aromatic amines is 1. The molecule has 5 rings (SSSR count). The van der Waals surface area contributed by atoms with Gasteiger partial charge in [-0.05, 0) is 36.2 Å². The van der Waals surface area contributed by atoms with E-state index < -0.39 is 0 Å². The summed E-state index contributed by atoms with van der Waals surface area (Å²) in [6.45, 7) is 6.04. The molecule has 1 saturated heterocycles. The molecular formula is C22H22N4O2. The summed E-state index contributed by atoms with van der Waals surface area (Å²) in [5.74, 6) is 0. The van der Waals surface area contributed by atoms with Crippen LogP contribution in [0, 0.1) is 0 Å². The monoisotopic (exact) mass is 374 g/mol. The Labute approximate surface area is 162 Å². The van der Waals surface area contributed by atoms with Crippen molar-refractivity contribution in [3.05, 3.63) is 59.0 Å². The summed E-state index contributed by atoms with van der Waals surface area (Å²) in [6.07, 6.45) is 1.61. The third-order valence-electron chi connectivity index (χ3n) is 5.57. The zero-order chi connectivity index (χ0) is 19.1. The first kappa shape index (κ1) is 17.0. The number of ether oxygens (including phenoxy) is 1. The number of benzene rings is 2. The number of morpholine rings is 1. The number of rotatable bonds is 3. The predicted molar refractivity (Wildman–Crippen MR) is 112 cm³/mol. The van der Waals surface area contributed by atoms with E-state index >= 15 is 0 Å². The van der Waals surface area contributed by atoms with Gasteiger partial charge in [0.1, 0.15) is 0 Å². The van der Waals surface area contributed by atoms with Gasteiger partial charge in [-0.25, -0.2) is 0 Å². The van der Waals surface area contributed by atoms with Crippen molar-refractivity contribution in [2.75, 3.05) is 31.2 Å². The Morgan fingerprint density at radius 3 is 2.54 bits per heavy atom. The molecule has 2 aromatic carbocycles. The second kappa shape index (κ2) is 6.80. The van der Waals surface area contributed by atoms with Crippen molar-refractivity contribution >= 4 is 27.5 Å². The number of nitrogens with zero attached hydrogens (tertiary/aromatic N) is 3. The van der Waals surface area contributed by atoms with Crippen LogP contribution in [0.2, 0.25) is 0 Å². The molecule has 6 nitrogen and oxygen atoms in total. The van der Waals surface area contributed by atoms with E-state index in [9.17, 15) is 4.79 Å². The van der Waals surface area contributed by atoms with Crippen molar-refractivity contribution in [1.82, 2.24) is 14.8 Å². The number of hydrogen-bond donors (Lipinski definition) is 1. The van der Waals surface area contributed by atoms with Crippen molar-refractivity contribution in [3.8, 4) is 11.1 Å². The van der Waals surface area contributed by atoms with Gasteiger partial charge in [0.05, 0.1) is 35.8 Å². The molecule has 0 radical (unpaired) electrons. The molecule has 1 aliphatic rings. The molecule has 0 atom stereocenters. The molecule has 0 saturated carbocycles. The summed E-state index contributed by atoms with van der Waals surface area (Å²) >= 11 is 0. The molecule has 2 aromatic heterocycles. The van der Waals surface area contributed by atoms with Crippen molar-refractivity contribution in [2.45, 2.75) is 13.5 Å². The number of aryl methyl sites for hydroxylation is 1. The Hall–Kier alpha value is -3.12. The molecule has 0 amide bonds. The van der Waals surface area contributed by atoms with Crippen LogP contribution in [0.25, 0.3) is 32.9 Å². The lowest BCUT2D eigenvalue weighted by Gasteiger charge is -2.28. The van der Waals surface area contributed by atoms with E-state index in [1.807, 2.05) is 11.5 Å². The van der Waals surface area contributed by atoms with Crippen LogP contribution in [0.4, 0.5) is 5.69 Å². The van der Waals surface area contributed by atoms with Gasteiger partial charge in [0.25, 0.3) is 5.56 Å². The molecule has 0 bridgehead atoms. The van der Waals surface area contributed by atoms with Crippen molar-refractivity contribution in [3.63, 3.8) is 0 Å². The Morgan fingerprint density at radius 1 is 1.04 bits per heavy atom. The summed E-state index contributed by atoms with van der Waals surface area (Å²) in [5, 5.41) is 8.70. The highest BCUT2D eigenvalue weighted by atomic mass is 16.5.